The molecular formula is C76H114N10. The number of rotatable bonds is 0. The number of aromatic nitrogens is 10. The Morgan fingerprint density at radius 2 is 0.221 bits per heavy atom. The topological polar surface area (TPSA) is 129 Å². The minimum atomic E-state index is 0.862. The summed E-state index contributed by atoms with van der Waals surface area (Å²) >= 11 is 0. The van der Waals surface area contributed by atoms with Crippen molar-refractivity contribution >= 4 is 0 Å². The van der Waals surface area contributed by atoms with E-state index in [1.54, 1.807) is 0 Å². The molecule has 0 radical (unpaired) electrons. The highest BCUT2D eigenvalue weighted by Gasteiger charge is 2.10. The van der Waals surface area contributed by atoms with Crippen LogP contribution in [0.1, 0.15) is 214 Å². The van der Waals surface area contributed by atoms with E-state index in [1.807, 2.05) is 69.2 Å². The Morgan fingerprint density at radius 1 is 0.105 bits per heavy atom. The third kappa shape index (κ3) is 20.9. The summed E-state index contributed by atoms with van der Waals surface area (Å²) in [5.74, 6) is 0.862. The Balaban J connectivity index is 0.000000492. The third-order valence-electron chi connectivity index (χ3n) is 19.0. The molecular weight excluding hydrogens is 1050 g/mol. The van der Waals surface area contributed by atoms with Crippen LogP contribution in [0.15, 0.2) is 0 Å². The van der Waals surface area contributed by atoms with Gasteiger partial charge in [0.25, 0.3) is 0 Å². The monoisotopic (exact) mass is 1170 g/mol. The Labute approximate surface area is 524 Å². The Morgan fingerprint density at radius 3 is 0.384 bits per heavy atom. The number of hydrogen-bond acceptors (Lipinski definition) is 10. The Bertz CT molecular complexity index is 3120. The van der Waals surface area contributed by atoms with Crippen molar-refractivity contribution < 1.29 is 0 Å². The maximum Gasteiger partial charge on any atom is 0.125 e. The van der Waals surface area contributed by atoms with Gasteiger partial charge in [0.15, 0.2) is 0 Å². The lowest BCUT2D eigenvalue weighted by molar-refractivity contribution is 0.905. The fourth-order valence-corrected chi connectivity index (χ4v) is 9.27. The molecule has 7 heterocycles. The molecule has 0 aliphatic heterocycles. The number of benzene rings is 1. The molecule has 0 bridgehead atoms. The fourth-order valence-electron chi connectivity index (χ4n) is 9.27. The van der Waals surface area contributed by atoms with E-state index in [0.29, 0.717) is 0 Å². The zero-order valence-corrected chi connectivity index (χ0v) is 61.5. The van der Waals surface area contributed by atoms with Gasteiger partial charge in [0.05, 0.1) is 34.2 Å². The molecule has 0 amide bonds. The number of pyridine rings is 4. The van der Waals surface area contributed by atoms with Crippen LogP contribution in [0.25, 0.3) is 0 Å². The van der Waals surface area contributed by atoms with Crippen LogP contribution in [-0.2, 0) is 0 Å². The first-order chi connectivity index (χ1) is 39.5. The van der Waals surface area contributed by atoms with Crippen LogP contribution in [0.5, 0.6) is 0 Å². The van der Waals surface area contributed by atoms with Gasteiger partial charge >= 0.3 is 0 Å². The number of aryl methyl sites for hydroxylation is 17. The predicted molar refractivity (Wildman–Crippen MR) is 369 cm³/mol. The molecule has 0 unspecified atom stereocenters. The van der Waals surface area contributed by atoms with Gasteiger partial charge < -0.3 is 0 Å². The molecule has 10 nitrogen and oxygen atoms in total. The minimum absolute atomic E-state index is 0.862. The van der Waals surface area contributed by atoms with Gasteiger partial charge in [-0.3, -0.25) is 29.9 Å². The van der Waals surface area contributed by atoms with E-state index in [0.717, 1.165) is 96.9 Å². The Kier molecular flexibility index (Phi) is 30.3. The minimum Gasteiger partial charge on any atom is -0.258 e. The van der Waals surface area contributed by atoms with Crippen molar-refractivity contribution in [2.24, 2.45) is 0 Å². The van der Waals surface area contributed by atoms with Gasteiger partial charge in [-0.25, -0.2) is 9.97 Å². The second-order valence-electron chi connectivity index (χ2n) is 24.1. The highest BCUT2D eigenvalue weighted by atomic mass is 15.1. The molecule has 8 aromatic rings. The summed E-state index contributed by atoms with van der Waals surface area (Å²) in [5.41, 5.74) is 46.2. The van der Waals surface area contributed by atoms with Crippen LogP contribution in [0.3, 0.4) is 0 Å². The van der Waals surface area contributed by atoms with Crippen LogP contribution in [0.4, 0.5) is 0 Å². The lowest BCUT2D eigenvalue weighted by Gasteiger charge is -2.15. The number of hydrogen-bond donors (Lipinski definition) is 0. The maximum atomic E-state index is 4.43. The van der Waals surface area contributed by atoms with Crippen molar-refractivity contribution in [3.8, 4) is 0 Å². The quantitative estimate of drug-likeness (QED) is 0.145. The molecule has 0 saturated heterocycles. The van der Waals surface area contributed by atoms with Crippen LogP contribution >= 0.6 is 0 Å². The van der Waals surface area contributed by atoms with Crippen LogP contribution in [-0.4, -0.2) is 50.1 Å². The average molecular weight is 1170 g/mol. The highest BCUT2D eigenvalue weighted by Crippen LogP contribution is 2.25. The van der Waals surface area contributed by atoms with E-state index < -0.39 is 0 Å². The first kappa shape index (κ1) is 77.1. The van der Waals surface area contributed by atoms with Crippen molar-refractivity contribution in [1.29, 1.82) is 0 Å². The first-order valence-electron chi connectivity index (χ1n) is 30.5. The molecule has 8 rings (SSSR count). The average Bonchev–Trinajstić information content (AvgIpc) is 3.61. The molecule has 1 aromatic carbocycles. The first-order valence-corrected chi connectivity index (χ1v) is 30.5. The summed E-state index contributed by atoms with van der Waals surface area (Å²) in [6.07, 6.45) is 0. The van der Waals surface area contributed by atoms with E-state index >= 15 is 0 Å². The molecule has 7 aromatic heterocycles. The SMILES string of the molecule is Cc1c(C)c(C)c(C)c(C)c1C.Cc1nc(C)c(C)c(C)c1C.Cc1nc(C)c(C)c(C)c1C.Cc1nc(C)c(C)c(C)c1C.Cc1nc(C)c(C)c(C)c1C.Cc1nc(C)c(C)c(C)n1.Cc1nc(C)c(C)nc1C.Cc1nnc(C)c(C)c1C. The summed E-state index contributed by atoms with van der Waals surface area (Å²) in [6, 6.07) is 0. The maximum absolute atomic E-state index is 4.43. The van der Waals surface area contributed by atoms with E-state index in [-0.39, 0.29) is 0 Å². The molecule has 0 saturated carbocycles. The van der Waals surface area contributed by atoms with Crippen molar-refractivity contribution in [2.75, 3.05) is 0 Å². The predicted octanol–water partition coefficient (Wildman–Crippen LogP) is 19.2. The smallest absolute Gasteiger partial charge is 0.125 e. The molecule has 468 valence electrons. The van der Waals surface area contributed by atoms with Gasteiger partial charge in [0.1, 0.15) is 5.82 Å². The summed E-state index contributed by atoms with van der Waals surface area (Å²) < 4.78 is 0. The van der Waals surface area contributed by atoms with E-state index in [2.05, 4.69) is 244 Å². The van der Waals surface area contributed by atoms with Crippen molar-refractivity contribution in [3.05, 3.63) is 214 Å². The van der Waals surface area contributed by atoms with Crippen molar-refractivity contribution in [3.63, 3.8) is 0 Å². The normalized spacial score (nSPS) is 10.2. The largest absolute Gasteiger partial charge is 0.258 e. The summed E-state index contributed by atoms with van der Waals surface area (Å²) in [7, 11) is 0. The van der Waals surface area contributed by atoms with E-state index in [9.17, 15) is 0 Å². The van der Waals surface area contributed by atoms with Crippen molar-refractivity contribution in [2.45, 2.75) is 263 Å². The van der Waals surface area contributed by atoms with Gasteiger partial charge in [0, 0.05) is 56.9 Å². The molecule has 0 spiro atoms. The van der Waals surface area contributed by atoms with Crippen LogP contribution < -0.4 is 0 Å². The summed E-state index contributed by atoms with van der Waals surface area (Å²) in [5, 5.41) is 7.98. The van der Waals surface area contributed by atoms with Gasteiger partial charge in [-0.1, -0.05) is 0 Å². The zero-order chi connectivity index (χ0) is 67.0. The second kappa shape index (κ2) is 33.8. The van der Waals surface area contributed by atoms with Crippen molar-refractivity contribution in [1.82, 2.24) is 50.1 Å². The molecule has 0 atom stereocenters. The molecule has 0 fully saturated rings. The van der Waals surface area contributed by atoms with Gasteiger partial charge in [-0.2, -0.15) is 10.2 Å². The van der Waals surface area contributed by atoms with E-state index in [1.165, 1.54) is 117 Å². The highest BCUT2D eigenvalue weighted by molar-refractivity contribution is 5.49. The Hall–Kier alpha value is -6.94. The summed E-state index contributed by atoms with van der Waals surface area (Å²) in [4.78, 5) is 34.8. The second-order valence-corrected chi connectivity index (χ2v) is 24.1. The molecule has 86 heavy (non-hydrogen) atoms. The third-order valence-corrected chi connectivity index (χ3v) is 19.0. The van der Waals surface area contributed by atoms with Crippen LogP contribution in [0.2, 0.25) is 0 Å². The molecule has 0 aliphatic carbocycles. The lowest BCUT2D eigenvalue weighted by atomic mass is 9.90. The van der Waals surface area contributed by atoms with Crippen LogP contribution in [0, 0.1) is 263 Å². The molecule has 0 aliphatic rings. The molecule has 10 heteroatoms. The van der Waals surface area contributed by atoms with E-state index in [4.69, 9.17) is 0 Å². The van der Waals surface area contributed by atoms with Gasteiger partial charge in [-0.05, 0) is 380 Å². The zero-order valence-electron chi connectivity index (χ0n) is 61.5. The van der Waals surface area contributed by atoms with Gasteiger partial charge in [0.2, 0.25) is 0 Å². The fraction of sp³-hybridized carbons (Fsp3) is 0.500. The summed E-state index contributed by atoms with van der Waals surface area (Å²) in [6.45, 7) is 79.5. The number of nitrogens with zero attached hydrogens (tertiary/aromatic N) is 10. The van der Waals surface area contributed by atoms with Gasteiger partial charge in [-0.15, -0.1) is 0 Å². The standard InChI is InChI=1S/C12H18.4C10H15N.3C8H12N2/c1-7-8(2)10(4)12(6)11(5)9(7)3;4*1-6-7(2)9(4)11-10(5)8(6)3;1-5-6(2)10-8(4)7(3)9-5;1-5-6(2)9-8(4)10-7(5)3;1-5-6(2)8(4)10-9-7(5)3/h1-6H3;4*1-5H3;3*1-4H3. The molecule has 0 N–H and O–H groups in total. The lowest BCUT2D eigenvalue weighted by Crippen LogP contribution is -1.98.